The fourth-order valence-corrected chi connectivity index (χ4v) is 3.94. The monoisotopic (exact) mass is 323 g/mol. The van der Waals surface area contributed by atoms with Crippen LogP contribution in [0.1, 0.15) is 32.6 Å². The second-order valence-electron chi connectivity index (χ2n) is 6.92. The van der Waals surface area contributed by atoms with E-state index in [9.17, 15) is 14.4 Å². The Morgan fingerprint density at radius 2 is 1.91 bits per heavy atom. The van der Waals surface area contributed by atoms with E-state index in [1.165, 1.54) is 6.92 Å². The maximum Gasteiger partial charge on any atom is 0.248 e. The van der Waals surface area contributed by atoms with Gasteiger partial charge >= 0.3 is 0 Å². The van der Waals surface area contributed by atoms with Crippen LogP contribution in [-0.4, -0.2) is 83.9 Å². The summed E-state index contributed by atoms with van der Waals surface area (Å²) in [5.74, 6) is 0.0510. The number of morpholine rings is 1. The Morgan fingerprint density at radius 3 is 2.52 bits per heavy atom. The van der Waals surface area contributed by atoms with Crippen LogP contribution in [0.15, 0.2) is 0 Å². The first kappa shape index (κ1) is 16.2. The summed E-state index contributed by atoms with van der Waals surface area (Å²) in [6.07, 6.45) is 3.13. The zero-order chi connectivity index (χ0) is 16.6. The molecule has 0 unspecified atom stereocenters. The zero-order valence-electron chi connectivity index (χ0n) is 13.9. The number of hydrogen-bond donors (Lipinski definition) is 0. The van der Waals surface area contributed by atoms with Crippen LogP contribution in [0, 0.1) is 0 Å². The number of nitrogens with zero attached hydrogens (tertiary/aromatic N) is 3. The van der Waals surface area contributed by atoms with Crippen molar-refractivity contribution in [1.29, 1.82) is 0 Å². The summed E-state index contributed by atoms with van der Waals surface area (Å²) in [5.41, 5.74) is -0.310. The minimum atomic E-state index is -0.310. The Kier molecular flexibility index (Phi) is 4.31. The van der Waals surface area contributed by atoms with E-state index < -0.39 is 0 Å². The number of ether oxygens (including phenoxy) is 1. The maximum absolute atomic E-state index is 12.7. The number of hydrogen-bond acceptors (Lipinski definition) is 4. The molecule has 7 nitrogen and oxygen atoms in total. The predicted octanol–water partition coefficient (Wildman–Crippen LogP) is -0.153. The fraction of sp³-hybridized carbons (Fsp3) is 0.812. The highest BCUT2D eigenvalue weighted by Crippen LogP contribution is 2.31. The van der Waals surface area contributed by atoms with Crippen molar-refractivity contribution in [3.05, 3.63) is 0 Å². The molecule has 0 aromatic rings. The van der Waals surface area contributed by atoms with Crippen LogP contribution in [0.25, 0.3) is 0 Å². The second-order valence-corrected chi connectivity index (χ2v) is 6.92. The molecule has 7 heteroatoms. The normalized spacial score (nSPS) is 27.7. The first-order chi connectivity index (χ1) is 10.9. The molecule has 0 radical (unpaired) electrons. The number of carbonyl (C=O) groups is 3. The third-order valence-corrected chi connectivity index (χ3v) is 5.38. The van der Waals surface area contributed by atoms with E-state index >= 15 is 0 Å². The van der Waals surface area contributed by atoms with Gasteiger partial charge in [-0.3, -0.25) is 14.4 Å². The maximum atomic E-state index is 12.7. The van der Waals surface area contributed by atoms with Gasteiger partial charge in [-0.05, 0) is 25.7 Å². The van der Waals surface area contributed by atoms with Crippen molar-refractivity contribution in [2.24, 2.45) is 0 Å². The van der Waals surface area contributed by atoms with Gasteiger partial charge in [0.15, 0.2) is 0 Å². The lowest BCUT2D eigenvalue weighted by molar-refractivity contribution is -0.171. The van der Waals surface area contributed by atoms with Crippen molar-refractivity contribution >= 4 is 17.7 Å². The molecule has 0 aromatic carbocycles. The van der Waals surface area contributed by atoms with Crippen LogP contribution in [0.3, 0.4) is 0 Å². The Labute approximate surface area is 136 Å². The van der Waals surface area contributed by atoms with Gasteiger partial charge in [-0.25, -0.2) is 0 Å². The van der Waals surface area contributed by atoms with Gasteiger partial charge in [-0.15, -0.1) is 0 Å². The first-order valence-electron chi connectivity index (χ1n) is 8.36. The molecule has 3 fully saturated rings. The summed E-state index contributed by atoms with van der Waals surface area (Å²) < 4.78 is 5.81. The van der Waals surface area contributed by atoms with Crippen LogP contribution in [0.5, 0.6) is 0 Å². The van der Waals surface area contributed by atoms with E-state index in [1.54, 1.807) is 16.8 Å². The third-order valence-electron chi connectivity index (χ3n) is 5.38. The molecule has 3 amide bonds. The second kappa shape index (κ2) is 6.11. The summed E-state index contributed by atoms with van der Waals surface area (Å²) >= 11 is 0. The summed E-state index contributed by atoms with van der Waals surface area (Å²) in [6.45, 7) is 4.19. The number of likely N-dealkylation sites (N-methyl/N-ethyl adjacent to an activating group) is 1. The van der Waals surface area contributed by atoms with Crippen LogP contribution >= 0.6 is 0 Å². The van der Waals surface area contributed by atoms with Crippen LogP contribution < -0.4 is 0 Å². The largest absolute Gasteiger partial charge is 0.363 e. The summed E-state index contributed by atoms with van der Waals surface area (Å²) in [7, 11) is 1.80. The van der Waals surface area contributed by atoms with Crippen molar-refractivity contribution in [3.63, 3.8) is 0 Å². The predicted molar refractivity (Wildman–Crippen MR) is 82.5 cm³/mol. The molecular formula is C16H25N3O4. The Hall–Kier alpha value is -1.63. The lowest BCUT2D eigenvalue weighted by Gasteiger charge is -2.46. The van der Waals surface area contributed by atoms with Crippen LogP contribution in [0.2, 0.25) is 0 Å². The smallest absolute Gasteiger partial charge is 0.248 e. The Bertz CT molecular complexity index is 513. The van der Waals surface area contributed by atoms with Gasteiger partial charge in [0.25, 0.3) is 0 Å². The number of likely N-dealkylation sites (tertiary alicyclic amines) is 2. The molecule has 3 rings (SSSR count). The minimum Gasteiger partial charge on any atom is -0.363 e. The molecule has 0 bridgehead atoms. The third kappa shape index (κ3) is 3.06. The van der Waals surface area contributed by atoms with Gasteiger partial charge in [0.05, 0.1) is 5.60 Å². The Morgan fingerprint density at radius 1 is 1.22 bits per heavy atom. The highest BCUT2D eigenvalue weighted by Gasteiger charge is 2.43. The molecular weight excluding hydrogens is 298 g/mol. The molecule has 3 aliphatic rings. The van der Waals surface area contributed by atoms with Crippen molar-refractivity contribution < 1.29 is 19.1 Å². The summed E-state index contributed by atoms with van der Waals surface area (Å²) in [4.78, 5) is 41.2. The highest BCUT2D eigenvalue weighted by molar-refractivity contribution is 5.87. The molecule has 3 aliphatic heterocycles. The minimum absolute atomic E-state index is 0.0113. The van der Waals surface area contributed by atoms with Gasteiger partial charge < -0.3 is 19.4 Å². The fourth-order valence-electron chi connectivity index (χ4n) is 3.94. The van der Waals surface area contributed by atoms with E-state index in [-0.39, 0.29) is 36.0 Å². The van der Waals surface area contributed by atoms with E-state index in [0.29, 0.717) is 26.2 Å². The molecule has 0 N–H and O–H groups in total. The lowest BCUT2D eigenvalue weighted by atomic mass is 9.89. The molecule has 1 spiro atoms. The quantitative estimate of drug-likeness (QED) is 0.673. The molecule has 0 saturated carbocycles. The topological polar surface area (TPSA) is 70.2 Å². The van der Waals surface area contributed by atoms with Crippen LogP contribution in [-0.2, 0) is 19.1 Å². The van der Waals surface area contributed by atoms with E-state index in [0.717, 1.165) is 25.7 Å². The summed E-state index contributed by atoms with van der Waals surface area (Å²) in [5, 5.41) is 0. The highest BCUT2D eigenvalue weighted by atomic mass is 16.5. The molecule has 128 valence electrons. The standard InChI is InChI=1S/C16H25N3O4/c1-12(20)19-7-3-4-13(19)15(22)18-8-5-16(6-9-18)11-17(2)14(21)10-23-16/h13H,3-11H2,1-2H3/t13-/m0/s1. The van der Waals surface area contributed by atoms with Gasteiger partial charge in [0.1, 0.15) is 12.6 Å². The van der Waals surface area contributed by atoms with Gasteiger partial charge in [0, 0.05) is 40.2 Å². The SMILES string of the molecule is CC(=O)N1CCC[C@H]1C(=O)N1CCC2(CC1)CN(C)C(=O)CO2. The van der Waals surface area contributed by atoms with E-state index in [2.05, 4.69) is 0 Å². The first-order valence-corrected chi connectivity index (χ1v) is 8.36. The number of amides is 3. The van der Waals surface area contributed by atoms with E-state index in [4.69, 9.17) is 4.74 Å². The average molecular weight is 323 g/mol. The molecule has 0 aliphatic carbocycles. The molecule has 0 aromatic heterocycles. The molecule has 3 heterocycles. The van der Waals surface area contributed by atoms with Crippen molar-refractivity contribution in [1.82, 2.24) is 14.7 Å². The number of rotatable bonds is 1. The lowest BCUT2D eigenvalue weighted by Crippen LogP contribution is -2.59. The number of carbonyl (C=O) groups excluding carboxylic acids is 3. The zero-order valence-corrected chi connectivity index (χ0v) is 13.9. The Balaban J connectivity index is 1.59. The van der Waals surface area contributed by atoms with Crippen molar-refractivity contribution in [2.75, 3.05) is 39.8 Å². The van der Waals surface area contributed by atoms with E-state index in [1.807, 2.05) is 4.90 Å². The van der Waals surface area contributed by atoms with Crippen LogP contribution in [0.4, 0.5) is 0 Å². The number of piperidine rings is 1. The van der Waals surface area contributed by atoms with Crippen molar-refractivity contribution in [2.45, 2.75) is 44.2 Å². The molecule has 3 saturated heterocycles. The summed E-state index contributed by atoms with van der Waals surface area (Å²) in [6, 6.07) is -0.293. The molecule has 23 heavy (non-hydrogen) atoms. The van der Waals surface area contributed by atoms with Gasteiger partial charge in [0.2, 0.25) is 17.7 Å². The molecule has 1 atom stereocenters. The average Bonchev–Trinajstić information content (AvgIpc) is 3.01. The van der Waals surface area contributed by atoms with Gasteiger partial charge in [-0.1, -0.05) is 0 Å². The van der Waals surface area contributed by atoms with Gasteiger partial charge in [-0.2, -0.15) is 0 Å². The van der Waals surface area contributed by atoms with Crippen molar-refractivity contribution in [3.8, 4) is 0 Å².